The van der Waals surface area contributed by atoms with Gasteiger partial charge in [0.05, 0.1) is 5.71 Å². The van der Waals surface area contributed by atoms with Crippen molar-refractivity contribution in [3.63, 3.8) is 0 Å². The maximum atomic E-state index is 7.71. The highest BCUT2D eigenvalue weighted by atomic mass is 15.3. The summed E-state index contributed by atoms with van der Waals surface area (Å²) in [7, 11) is 0. The van der Waals surface area contributed by atoms with Crippen molar-refractivity contribution in [2.45, 2.75) is 32.6 Å². The average molecular weight is 286 g/mol. The van der Waals surface area contributed by atoms with E-state index in [0.29, 0.717) is 0 Å². The van der Waals surface area contributed by atoms with Crippen LogP contribution in [0.2, 0.25) is 0 Å². The first kappa shape index (κ1) is 15.0. The van der Waals surface area contributed by atoms with E-state index in [1.165, 1.54) is 0 Å². The van der Waals surface area contributed by atoms with Gasteiger partial charge in [-0.2, -0.15) is 5.10 Å². The Morgan fingerprint density at radius 3 is 2.71 bits per heavy atom. The molecule has 0 bridgehead atoms. The van der Waals surface area contributed by atoms with Crippen molar-refractivity contribution in [2.75, 3.05) is 0 Å². The Morgan fingerprint density at radius 2 is 2.10 bits per heavy atom. The van der Waals surface area contributed by atoms with E-state index in [0.717, 1.165) is 48.1 Å². The summed E-state index contributed by atoms with van der Waals surface area (Å²) in [6, 6.07) is 5.76. The zero-order valence-electron chi connectivity index (χ0n) is 12.3. The number of nitrogens with two attached hydrogens (primary N) is 3. The topological polar surface area (TPSA) is 127 Å². The lowest BCUT2D eigenvalue weighted by Gasteiger charge is -2.09. The van der Waals surface area contributed by atoms with Crippen molar-refractivity contribution in [1.29, 1.82) is 5.41 Å². The molecule has 0 spiro atoms. The lowest BCUT2D eigenvalue weighted by Crippen LogP contribution is -2.22. The first-order valence-electron chi connectivity index (χ1n) is 7.17. The Morgan fingerprint density at radius 1 is 1.33 bits per heavy atom. The second-order valence-electron chi connectivity index (χ2n) is 5.30. The summed E-state index contributed by atoms with van der Waals surface area (Å²) in [4.78, 5) is 0. The van der Waals surface area contributed by atoms with Gasteiger partial charge in [-0.25, -0.2) is 0 Å². The van der Waals surface area contributed by atoms with Crippen LogP contribution >= 0.6 is 0 Å². The maximum Gasteiger partial charge on any atom is 0.211 e. The van der Waals surface area contributed by atoms with Gasteiger partial charge in [0.15, 0.2) is 0 Å². The summed E-state index contributed by atoms with van der Waals surface area (Å²) in [6.45, 7) is 2.16. The van der Waals surface area contributed by atoms with Gasteiger partial charge in [0.25, 0.3) is 0 Å². The van der Waals surface area contributed by atoms with Gasteiger partial charge in [-0.05, 0) is 18.4 Å². The normalized spacial score (nSPS) is 18.5. The molecular formula is C15H22N6. The largest absolute Gasteiger partial charge is 0.384 e. The number of guanidine groups is 1. The Balaban J connectivity index is 2.45. The van der Waals surface area contributed by atoms with Crippen molar-refractivity contribution in [3.05, 3.63) is 34.9 Å². The van der Waals surface area contributed by atoms with E-state index in [4.69, 9.17) is 22.6 Å². The molecule has 1 unspecified atom stereocenters. The van der Waals surface area contributed by atoms with Crippen molar-refractivity contribution in [2.24, 2.45) is 33.3 Å². The molecule has 0 saturated heterocycles. The fourth-order valence-corrected chi connectivity index (χ4v) is 2.80. The molecule has 6 nitrogen and oxygen atoms in total. The second-order valence-corrected chi connectivity index (χ2v) is 5.30. The molecule has 2 rings (SSSR count). The van der Waals surface area contributed by atoms with Crippen LogP contribution in [0.5, 0.6) is 0 Å². The molecule has 1 aromatic carbocycles. The summed E-state index contributed by atoms with van der Waals surface area (Å²) in [5.41, 5.74) is 20.2. The van der Waals surface area contributed by atoms with Crippen LogP contribution in [0.25, 0.3) is 0 Å². The quantitative estimate of drug-likeness (QED) is 0.370. The molecule has 21 heavy (non-hydrogen) atoms. The third kappa shape index (κ3) is 3.21. The van der Waals surface area contributed by atoms with Crippen LogP contribution in [0.3, 0.4) is 0 Å². The van der Waals surface area contributed by atoms with E-state index >= 15 is 0 Å². The monoisotopic (exact) mass is 286 g/mol. The molecule has 0 amide bonds. The molecule has 1 aliphatic carbocycles. The van der Waals surface area contributed by atoms with Gasteiger partial charge >= 0.3 is 0 Å². The summed E-state index contributed by atoms with van der Waals surface area (Å²) in [6.07, 6.45) is 4.11. The Kier molecular flexibility index (Phi) is 4.57. The highest BCUT2D eigenvalue weighted by Crippen LogP contribution is 2.33. The Labute approximate surface area is 124 Å². The van der Waals surface area contributed by atoms with Gasteiger partial charge in [-0.1, -0.05) is 38.0 Å². The zero-order chi connectivity index (χ0) is 15.4. The zero-order valence-corrected chi connectivity index (χ0v) is 12.3. The molecule has 0 aromatic heterocycles. The number of rotatable bonds is 5. The SMILES string of the molecule is CCCCC1Cc2c(C(=N)N)cccc2C1=NN=C(N)N. The van der Waals surface area contributed by atoms with Gasteiger partial charge in [-0.15, -0.1) is 5.10 Å². The minimum absolute atomic E-state index is 0.0482. The molecule has 0 saturated carbocycles. The van der Waals surface area contributed by atoms with Gasteiger partial charge < -0.3 is 17.2 Å². The van der Waals surface area contributed by atoms with Crippen LogP contribution in [-0.4, -0.2) is 17.5 Å². The van der Waals surface area contributed by atoms with Gasteiger partial charge in [-0.3, -0.25) is 5.41 Å². The first-order valence-corrected chi connectivity index (χ1v) is 7.17. The molecular weight excluding hydrogens is 264 g/mol. The third-order valence-corrected chi connectivity index (χ3v) is 3.76. The Hall–Kier alpha value is -2.37. The average Bonchev–Trinajstić information content (AvgIpc) is 2.79. The van der Waals surface area contributed by atoms with Gasteiger partial charge in [0.1, 0.15) is 5.84 Å². The molecule has 0 fully saturated rings. The van der Waals surface area contributed by atoms with Gasteiger partial charge in [0.2, 0.25) is 5.96 Å². The van der Waals surface area contributed by atoms with Crippen LogP contribution in [-0.2, 0) is 6.42 Å². The number of nitrogens with zero attached hydrogens (tertiary/aromatic N) is 2. The van der Waals surface area contributed by atoms with Crippen LogP contribution < -0.4 is 17.2 Å². The molecule has 0 aliphatic heterocycles. The van der Waals surface area contributed by atoms with Crippen molar-refractivity contribution in [3.8, 4) is 0 Å². The van der Waals surface area contributed by atoms with Gasteiger partial charge in [0, 0.05) is 17.0 Å². The van der Waals surface area contributed by atoms with E-state index in [1.54, 1.807) is 0 Å². The predicted octanol–water partition coefficient (Wildman–Crippen LogP) is 1.31. The fraction of sp³-hybridized carbons (Fsp3) is 0.400. The predicted molar refractivity (Wildman–Crippen MR) is 86.5 cm³/mol. The smallest absolute Gasteiger partial charge is 0.211 e. The standard InChI is InChI=1S/C15H22N6/c1-2-3-5-9-8-12-10(13(9)20-21-15(18)19)6-4-7-11(12)14(16)17/h4,6-7,9H,2-3,5,8H2,1H3,(H3,16,17)(H4,18,19,21). The molecule has 7 N–H and O–H groups in total. The number of amidine groups is 1. The molecule has 0 heterocycles. The molecule has 1 aromatic rings. The number of unbranched alkanes of at least 4 members (excludes halogenated alkanes) is 1. The van der Waals surface area contributed by atoms with E-state index in [9.17, 15) is 0 Å². The molecule has 112 valence electrons. The molecule has 6 heteroatoms. The summed E-state index contributed by atoms with van der Waals surface area (Å²) in [5.74, 6) is 0.320. The lowest BCUT2D eigenvalue weighted by molar-refractivity contribution is 0.592. The minimum Gasteiger partial charge on any atom is -0.384 e. The molecule has 0 radical (unpaired) electrons. The minimum atomic E-state index is -0.0482. The third-order valence-electron chi connectivity index (χ3n) is 3.76. The van der Waals surface area contributed by atoms with E-state index in [1.807, 2.05) is 18.2 Å². The number of hydrogen-bond acceptors (Lipinski definition) is 3. The number of nitrogens with one attached hydrogen (secondary N) is 1. The van der Waals surface area contributed by atoms with Crippen molar-refractivity contribution < 1.29 is 0 Å². The maximum absolute atomic E-state index is 7.71. The molecule has 1 atom stereocenters. The van der Waals surface area contributed by atoms with Crippen LogP contribution in [0, 0.1) is 11.3 Å². The Bertz CT molecular complexity index is 598. The fourth-order valence-electron chi connectivity index (χ4n) is 2.80. The number of fused-ring (bicyclic) bond motifs is 1. The van der Waals surface area contributed by atoms with E-state index in [-0.39, 0.29) is 17.7 Å². The first-order chi connectivity index (χ1) is 10.0. The lowest BCUT2D eigenvalue weighted by atomic mass is 9.97. The highest BCUT2D eigenvalue weighted by molar-refractivity contribution is 6.09. The number of benzene rings is 1. The van der Waals surface area contributed by atoms with Crippen molar-refractivity contribution >= 4 is 17.5 Å². The van der Waals surface area contributed by atoms with Crippen LogP contribution in [0.4, 0.5) is 0 Å². The van der Waals surface area contributed by atoms with E-state index < -0.39 is 0 Å². The molecule has 1 aliphatic rings. The summed E-state index contributed by atoms with van der Waals surface area (Å²) < 4.78 is 0. The summed E-state index contributed by atoms with van der Waals surface area (Å²) >= 11 is 0. The van der Waals surface area contributed by atoms with Crippen LogP contribution in [0.15, 0.2) is 28.4 Å². The second kappa shape index (κ2) is 6.39. The highest BCUT2D eigenvalue weighted by Gasteiger charge is 2.30. The number of hydrogen-bond donors (Lipinski definition) is 4. The number of nitrogen functional groups attached to an aromatic ring is 1. The van der Waals surface area contributed by atoms with Crippen molar-refractivity contribution in [1.82, 2.24) is 0 Å². The van der Waals surface area contributed by atoms with Crippen LogP contribution in [0.1, 0.15) is 42.9 Å². The summed E-state index contributed by atoms with van der Waals surface area (Å²) in [5, 5.41) is 15.8. The van der Waals surface area contributed by atoms with E-state index in [2.05, 4.69) is 17.1 Å².